The Morgan fingerprint density at radius 1 is 0.623 bits per heavy atom. The molecule has 77 heavy (non-hydrogen) atoms. The smallest absolute Gasteiger partial charge is 0.204 e. The van der Waals surface area contributed by atoms with E-state index < -0.39 is 21.7 Å². The van der Waals surface area contributed by atoms with Crippen LogP contribution in [0, 0.1) is 50.9 Å². The summed E-state index contributed by atoms with van der Waals surface area (Å²) in [7, 11) is 1.54. The van der Waals surface area contributed by atoms with Gasteiger partial charge < -0.3 is 21.9 Å². The molecule has 0 amide bonds. The van der Waals surface area contributed by atoms with Crippen molar-refractivity contribution < 1.29 is 28.7 Å². The molecule has 0 aliphatic heterocycles. The number of nitrogens with two attached hydrogens (primary N) is 3. The number of aromatic amines is 1. The number of halogens is 2. The second-order valence-electron chi connectivity index (χ2n) is 22.8. The zero-order chi connectivity index (χ0) is 59.2. The summed E-state index contributed by atoms with van der Waals surface area (Å²) in [6.07, 6.45) is 1.45. The van der Waals surface area contributed by atoms with E-state index in [0.29, 0.717) is 61.4 Å². The molecular formula is C57H72Cl2N12O6. The molecule has 20 heteroatoms. The van der Waals surface area contributed by atoms with E-state index in [1.165, 1.54) is 25.4 Å². The minimum atomic E-state index is -0.482. The van der Waals surface area contributed by atoms with E-state index in [2.05, 4.69) is 35.7 Å². The van der Waals surface area contributed by atoms with Crippen molar-refractivity contribution in [2.75, 3.05) is 24.3 Å². The Hall–Kier alpha value is -7.75. The average Bonchev–Trinajstić information content (AvgIpc) is 3.88. The lowest BCUT2D eigenvalue weighted by atomic mass is 9.85. The summed E-state index contributed by atoms with van der Waals surface area (Å²) in [5.74, 6) is 1.61. The van der Waals surface area contributed by atoms with Crippen molar-refractivity contribution in [1.29, 1.82) is 10.8 Å². The number of H-pyrrole nitrogens is 1. The molecule has 0 spiro atoms. The van der Waals surface area contributed by atoms with Crippen molar-refractivity contribution in [1.82, 2.24) is 30.6 Å². The topological polar surface area (TPSA) is 313 Å². The maximum Gasteiger partial charge on any atom is 0.204 e. The van der Waals surface area contributed by atoms with Crippen LogP contribution >= 0.6 is 23.2 Å². The van der Waals surface area contributed by atoms with Crippen LogP contribution in [0.15, 0.2) is 84.1 Å². The third-order valence-corrected chi connectivity index (χ3v) is 11.2. The van der Waals surface area contributed by atoms with Gasteiger partial charge in [0.15, 0.2) is 34.7 Å². The van der Waals surface area contributed by atoms with Gasteiger partial charge in [-0.1, -0.05) is 139 Å². The Bertz CT molecular complexity index is 3130. The molecule has 410 valence electrons. The largest absolute Gasteiger partial charge is 0.495 e. The molecule has 0 saturated heterocycles. The number of pyridine rings is 2. The highest BCUT2D eigenvalue weighted by molar-refractivity contribution is 6.33. The monoisotopic (exact) mass is 1090 g/mol. The van der Waals surface area contributed by atoms with E-state index in [1.54, 1.807) is 42.5 Å². The predicted octanol–water partition coefficient (Wildman–Crippen LogP) is 13.5. The van der Waals surface area contributed by atoms with E-state index >= 15 is 0 Å². The van der Waals surface area contributed by atoms with Crippen molar-refractivity contribution in [2.45, 2.75) is 111 Å². The first-order valence-electron chi connectivity index (χ1n) is 24.1. The second-order valence-corrected chi connectivity index (χ2v) is 23.6. The Labute approximate surface area is 461 Å². The number of nitriles is 1. The van der Waals surface area contributed by atoms with Crippen molar-refractivity contribution >= 4 is 75.1 Å². The summed E-state index contributed by atoms with van der Waals surface area (Å²) < 4.78 is 5.07. The van der Waals surface area contributed by atoms with Gasteiger partial charge in [0.1, 0.15) is 22.8 Å². The van der Waals surface area contributed by atoms with Gasteiger partial charge in [-0.05, 0) is 78.4 Å². The number of aromatic nitrogens is 6. The first-order chi connectivity index (χ1) is 35.3. The van der Waals surface area contributed by atoms with Gasteiger partial charge in [-0.2, -0.15) is 10.5 Å². The van der Waals surface area contributed by atoms with Gasteiger partial charge in [0, 0.05) is 72.3 Å². The molecule has 0 atom stereocenters. The molecule has 3 heterocycles. The summed E-state index contributed by atoms with van der Waals surface area (Å²) in [6, 6.07) is 21.9. The lowest BCUT2D eigenvalue weighted by molar-refractivity contribution is 0.0852. The molecule has 0 radical (unpaired) electrons. The van der Waals surface area contributed by atoms with E-state index in [4.69, 9.17) is 55.9 Å². The summed E-state index contributed by atoms with van der Waals surface area (Å²) in [5, 5.41) is 26.3. The molecule has 0 fully saturated rings. The SMILES string of the molecule is CC(C)(C)C(=O)c1cc(Cl)nc(N=N)c1.CC(C)(C)C(=O)c1ccc(N)c(C#N)c1.CC(C)(C)C(=O)c1cnc(N)c(Cl)c1.COc1cc(C(=O)C(C)(C)C)ccc1N.Cc1ccc(C(=O)C(C)(C)C)cc1-c1nn[nH]n1. The fourth-order valence-corrected chi connectivity index (χ4v) is 6.71. The third-order valence-electron chi connectivity index (χ3n) is 10.7. The Morgan fingerprint density at radius 2 is 1.08 bits per heavy atom. The standard InChI is InChI=1S/C13H16N4O.C12H14N2O.C12H17NO2.C10H12ClN3O.C10H13ClN2O/c1-8-5-6-9(11(18)13(2,3)4)7-10(8)12-14-16-17-15-12;1-12(2,3)11(15)8-4-5-10(14)9(6-8)7-13;1-12(2,3)11(14)8-5-6-9(13)10(7-8)15-4;1-10(2,3)9(15)6-4-7(11)13-8(5-6)14-12;1-10(2,3)8(14)6-4-7(11)9(12)13-5-6/h5-7H,1-4H3,(H,14,15,16,17);4-6H,14H2,1-3H3;5-7H,13H2,1-4H3;4-5,12H,1-3H3;4-5H,1-3H3,(H2,12,13). The molecule has 0 unspecified atom stereocenters. The fourth-order valence-electron chi connectivity index (χ4n) is 6.34. The van der Waals surface area contributed by atoms with Gasteiger partial charge in [-0.25, -0.2) is 15.5 Å². The second kappa shape index (κ2) is 26.8. The van der Waals surface area contributed by atoms with Gasteiger partial charge in [0.2, 0.25) is 5.82 Å². The highest BCUT2D eigenvalue weighted by Crippen LogP contribution is 2.30. The van der Waals surface area contributed by atoms with Crippen LogP contribution in [-0.2, 0) is 0 Å². The number of benzene rings is 3. The lowest BCUT2D eigenvalue weighted by Crippen LogP contribution is -2.20. The van der Waals surface area contributed by atoms with Crippen LogP contribution in [0.3, 0.4) is 0 Å². The van der Waals surface area contributed by atoms with E-state index in [1.807, 2.05) is 135 Å². The average molecular weight is 1090 g/mol. The number of anilines is 3. The summed E-state index contributed by atoms with van der Waals surface area (Å²) >= 11 is 11.5. The van der Waals surface area contributed by atoms with Crippen molar-refractivity contribution in [2.24, 2.45) is 32.2 Å². The Balaban J connectivity index is 0.000000330. The number of nitrogens with zero attached hydrogens (tertiary/aromatic N) is 7. The quantitative estimate of drug-likeness (QED) is 0.0409. The molecular weight excluding hydrogens is 1020 g/mol. The first kappa shape index (κ1) is 65.4. The van der Waals surface area contributed by atoms with Crippen LogP contribution in [0.1, 0.15) is 167 Å². The number of tetrazole rings is 1. The molecule has 3 aromatic carbocycles. The van der Waals surface area contributed by atoms with Crippen LogP contribution in [0.5, 0.6) is 5.75 Å². The van der Waals surface area contributed by atoms with E-state index in [0.717, 1.165) is 11.1 Å². The normalized spacial score (nSPS) is 11.2. The molecule has 0 aliphatic rings. The summed E-state index contributed by atoms with van der Waals surface area (Å²) in [5.41, 5.74) is 27.3. The van der Waals surface area contributed by atoms with Crippen LogP contribution in [0.25, 0.3) is 11.4 Å². The van der Waals surface area contributed by atoms with Gasteiger partial charge in [-0.15, -0.1) is 15.3 Å². The highest BCUT2D eigenvalue weighted by Gasteiger charge is 2.27. The minimum absolute atomic E-state index is 0.00639. The zero-order valence-corrected chi connectivity index (χ0v) is 48.6. The number of carbonyl (C=O) groups excluding carboxylic acids is 5. The number of aryl methyl sites for hydroxylation is 1. The molecule has 0 aliphatic carbocycles. The number of hydrogen-bond donors (Lipinski definition) is 5. The molecule has 3 aromatic heterocycles. The van der Waals surface area contributed by atoms with Crippen molar-refractivity contribution in [3.8, 4) is 23.2 Å². The highest BCUT2D eigenvalue weighted by atomic mass is 35.5. The summed E-state index contributed by atoms with van der Waals surface area (Å²) in [6.45, 7) is 29.9. The number of ether oxygens (including phenoxy) is 1. The van der Waals surface area contributed by atoms with E-state index in [9.17, 15) is 24.0 Å². The fraction of sp³-hybridized carbons (Fsp3) is 0.386. The first-order valence-corrected chi connectivity index (χ1v) is 24.8. The van der Waals surface area contributed by atoms with Gasteiger partial charge in [0.05, 0.1) is 23.4 Å². The van der Waals surface area contributed by atoms with Crippen molar-refractivity contribution in [3.63, 3.8) is 0 Å². The number of ketones is 5. The number of hydrogen-bond acceptors (Lipinski definition) is 17. The molecule has 8 N–H and O–H groups in total. The number of methoxy groups -OCH3 is 1. The van der Waals surface area contributed by atoms with Crippen LogP contribution in [0.2, 0.25) is 10.2 Å². The summed E-state index contributed by atoms with van der Waals surface area (Å²) in [4.78, 5) is 67.4. The molecule has 0 saturated carbocycles. The lowest BCUT2D eigenvalue weighted by Gasteiger charge is -2.17. The maximum atomic E-state index is 12.2. The van der Waals surface area contributed by atoms with Crippen LogP contribution in [-0.4, -0.2) is 66.6 Å². The van der Waals surface area contributed by atoms with Gasteiger partial charge in [0.25, 0.3) is 0 Å². The minimum Gasteiger partial charge on any atom is -0.495 e. The number of nitrogen functional groups attached to an aromatic ring is 3. The molecule has 0 bridgehead atoms. The molecule has 6 aromatic rings. The van der Waals surface area contributed by atoms with E-state index in [-0.39, 0.29) is 51.1 Å². The van der Waals surface area contributed by atoms with Crippen molar-refractivity contribution in [3.05, 3.63) is 128 Å². The Morgan fingerprint density at radius 3 is 1.52 bits per heavy atom. The van der Waals surface area contributed by atoms with Gasteiger partial charge >= 0.3 is 0 Å². The van der Waals surface area contributed by atoms with Gasteiger partial charge in [-0.3, -0.25) is 24.0 Å². The maximum absolute atomic E-state index is 12.2. The number of rotatable bonds is 8. The zero-order valence-electron chi connectivity index (χ0n) is 47.1. The Kier molecular flexibility index (Phi) is 22.8. The molecule has 18 nitrogen and oxygen atoms in total. The third kappa shape index (κ3) is 19.7. The van der Waals surface area contributed by atoms with Crippen LogP contribution in [0.4, 0.5) is 23.0 Å². The van der Waals surface area contributed by atoms with Crippen LogP contribution < -0.4 is 21.9 Å². The number of carbonyl (C=O) groups is 5. The molecule has 6 rings (SSSR count). The number of Topliss-reactive ketones (excluding diaryl/α,β-unsaturated/α-hetero) is 5. The number of nitrogens with one attached hydrogen (secondary N) is 2. The predicted molar refractivity (Wildman–Crippen MR) is 304 cm³/mol.